The lowest BCUT2D eigenvalue weighted by atomic mass is 10.1. The number of aryl methyl sites for hydroxylation is 1. The van der Waals surface area contributed by atoms with Gasteiger partial charge in [-0.3, -0.25) is 4.79 Å². The molecule has 216 valence electrons. The fourth-order valence-electron chi connectivity index (χ4n) is 4.70. The molecule has 1 fully saturated rings. The summed E-state index contributed by atoms with van der Waals surface area (Å²) in [5.74, 6) is -1.46. The SMILES string of the molecule is O=C(NCCCC[C@H](O[P+](=O)CCCCCc1ccccc1)C(=O)N1CCC[C@H]1C(=O)O)OCc1ccccc1. The van der Waals surface area contributed by atoms with Crippen molar-refractivity contribution >= 4 is 26.0 Å². The van der Waals surface area contributed by atoms with E-state index in [-0.39, 0.29) is 13.0 Å². The Hall–Kier alpha value is -3.29. The van der Waals surface area contributed by atoms with Gasteiger partial charge in [-0.15, -0.1) is 4.52 Å². The molecule has 3 rings (SSSR count). The minimum atomic E-state index is -2.06. The minimum Gasteiger partial charge on any atom is -0.480 e. The number of aliphatic carboxylic acids is 1. The molecule has 1 aliphatic heterocycles. The van der Waals surface area contributed by atoms with Gasteiger partial charge in [0.05, 0.1) is 0 Å². The molecule has 3 atom stereocenters. The highest BCUT2D eigenvalue weighted by Crippen LogP contribution is 2.31. The molecule has 2 aromatic carbocycles. The van der Waals surface area contributed by atoms with Gasteiger partial charge in [0, 0.05) is 13.1 Å². The van der Waals surface area contributed by atoms with E-state index in [1.54, 1.807) is 0 Å². The third-order valence-electron chi connectivity index (χ3n) is 6.87. The van der Waals surface area contributed by atoms with E-state index in [0.717, 1.165) is 31.2 Å². The molecule has 1 unspecified atom stereocenters. The van der Waals surface area contributed by atoms with Crippen LogP contribution in [0.3, 0.4) is 0 Å². The molecule has 0 spiro atoms. The summed E-state index contributed by atoms with van der Waals surface area (Å²) in [4.78, 5) is 38.2. The highest BCUT2D eigenvalue weighted by atomic mass is 31.1. The Labute approximate surface area is 237 Å². The number of alkyl carbamates (subject to hydrolysis) is 1. The van der Waals surface area contributed by atoms with E-state index in [2.05, 4.69) is 17.4 Å². The van der Waals surface area contributed by atoms with Crippen LogP contribution in [0.15, 0.2) is 60.7 Å². The quantitative estimate of drug-likeness (QED) is 0.185. The number of unbranched alkanes of at least 4 members (excludes halogenated alkanes) is 3. The summed E-state index contributed by atoms with van der Waals surface area (Å²) in [7, 11) is -2.06. The maximum atomic E-state index is 13.2. The summed E-state index contributed by atoms with van der Waals surface area (Å²) in [5.41, 5.74) is 2.16. The van der Waals surface area contributed by atoms with Crippen LogP contribution in [-0.2, 0) is 36.4 Å². The second kappa shape index (κ2) is 17.4. The number of ether oxygens (including phenoxy) is 1. The number of hydrogen-bond acceptors (Lipinski definition) is 6. The van der Waals surface area contributed by atoms with Gasteiger partial charge < -0.3 is 20.1 Å². The van der Waals surface area contributed by atoms with E-state index in [9.17, 15) is 24.1 Å². The maximum Gasteiger partial charge on any atom is 0.508 e. The van der Waals surface area contributed by atoms with Crippen molar-refractivity contribution in [3.63, 3.8) is 0 Å². The molecular formula is C30H40N2O7P+. The van der Waals surface area contributed by atoms with Crippen molar-refractivity contribution in [3.8, 4) is 0 Å². The number of carboxylic acids is 1. The lowest BCUT2D eigenvalue weighted by Gasteiger charge is -2.24. The first-order valence-electron chi connectivity index (χ1n) is 14.1. The van der Waals surface area contributed by atoms with E-state index in [1.807, 2.05) is 48.5 Å². The van der Waals surface area contributed by atoms with Gasteiger partial charge in [0.25, 0.3) is 5.91 Å². The van der Waals surface area contributed by atoms with Crippen LogP contribution in [0.1, 0.15) is 62.5 Å². The number of benzene rings is 2. The van der Waals surface area contributed by atoms with E-state index < -0.39 is 38.1 Å². The van der Waals surface area contributed by atoms with Crippen molar-refractivity contribution in [2.45, 2.75) is 76.5 Å². The zero-order valence-electron chi connectivity index (χ0n) is 22.9. The Morgan fingerprint density at radius 1 is 0.950 bits per heavy atom. The largest absolute Gasteiger partial charge is 0.508 e. The van der Waals surface area contributed by atoms with Crippen molar-refractivity contribution in [1.29, 1.82) is 0 Å². The molecular weight excluding hydrogens is 531 g/mol. The third-order valence-corrected chi connectivity index (χ3v) is 8.04. The molecule has 0 bridgehead atoms. The fourth-order valence-corrected chi connectivity index (χ4v) is 5.77. The second-order valence-corrected chi connectivity index (χ2v) is 11.3. The normalized spacial score (nSPS) is 15.8. The van der Waals surface area contributed by atoms with Crippen molar-refractivity contribution in [2.24, 2.45) is 0 Å². The molecule has 40 heavy (non-hydrogen) atoms. The van der Waals surface area contributed by atoms with Crippen LogP contribution in [-0.4, -0.2) is 59.4 Å². The van der Waals surface area contributed by atoms with E-state index in [0.29, 0.717) is 44.9 Å². The molecule has 1 saturated heterocycles. The number of carbonyl (C=O) groups is 3. The van der Waals surface area contributed by atoms with E-state index >= 15 is 0 Å². The van der Waals surface area contributed by atoms with Crippen molar-refractivity contribution in [3.05, 3.63) is 71.8 Å². The molecule has 2 aromatic rings. The number of carbonyl (C=O) groups excluding carboxylic acids is 2. The monoisotopic (exact) mass is 571 g/mol. The van der Waals surface area contributed by atoms with Gasteiger partial charge >= 0.3 is 20.1 Å². The van der Waals surface area contributed by atoms with Crippen molar-refractivity contribution < 1.29 is 33.3 Å². The number of hydrogen-bond donors (Lipinski definition) is 2. The Bertz CT molecular complexity index is 1080. The average molecular weight is 572 g/mol. The fraction of sp³-hybridized carbons (Fsp3) is 0.500. The molecule has 1 heterocycles. The molecule has 0 aromatic heterocycles. The molecule has 1 aliphatic rings. The summed E-state index contributed by atoms with van der Waals surface area (Å²) in [6.07, 6.45) is 4.80. The Morgan fingerprint density at radius 2 is 1.65 bits per heavy atom. The number of nitrogens with zero attached hydrogens (tertiary/aromatic N) is 1. The minimum absolute atomic E-state index is 0.178. The van der Waals surface area contributed by atoms with Gasteiger partial charge in [0.2, 0.25) is 0 Å². The lowest BCUT2D eigenvalue weighted by molar-refractivity contribution is -0.151. The van der Waals surface area contributed by atoms with E-state index in [4.69, 9.17) is 9.26 Å². The highest BCUT2D eigenvalue weighted by Gasteiger charge is 2.40. The van der Waals surface area contributed by atoms with Gasteiger partial charge in [-0.2, -0.15) is 0 Å². The Balaban J connectivity index is 1.41. The van der Waals surface area contributed by atoms with Gasteiger partial charge in [-0.1, -0.05) is 60.7 Å². The standard InChI is InChI=1S/C30H39N2O7P/c33-28(32-21-12-18-26(32)29(34)35)27(39-40(37)22-11-3-8-15-24-13-4-1-5-14-24)19-9-10-20-31-30(36)38-23-25-16-6-2-7-17-25/h1-2,4-7,13-14,16-17,26-27H,3,8-12,15,18-23H2,(H-,31,34,35,36)/p+1/t26-,27-/m0/s1. The molecule has 2 amide bonds. The van der Waals surface area contributed by atoms with E-state index in [1.165, 1.54) is 10.5 Å². The van der Waals surface area contributed by atoms with Crippen molar-refractivity contribution in [2.75, 3.05) is 19.3 Å². The van der Waals surface area contributed by atoms with Crippen molar-refractivity contribution in [1.82, 2.24) is 10.2 Å². The van der Waals surface area contributed by atoms with Crippen LogP contribution in [0.5, 0.6) is 0 Å². The molecule has 10 heteroatoms. The number of rotatable bonds is 17. The first-order chi connectivity index (χ1) is 19.4. The molecule has 9 nitrogen and oxygen atoms in total. The van der Waals surface area contributed by atoms with Crippen LogP contribution < -0.4 is 5.32 Å². The smallest absolute Gasteiger partial charge is 0.480 e. The van der Waals surface area contributed by atoms with Crippen LogP contribution in [0.4, 0.5) is 4.79 Å². The topological polar surface area (TPSA) is 122 Å². The lowest BCUT2D eigenvalue weighted by Crippen LogP contribution is -2.45. The Kier molecular flexibility index (Phi) is 13.6. The summed E-state index contributed by atoms with van der Waals surface area (Å²) in [6.45, 7) is 0.876. The third kappa shape index (κ3) is 11.1. The molecule has 0 saturated carbocycles. The number of nitrogens with one attached hydrogen (secondary N) is 1. The highest BCUT2D eigenvalue weighted by molar-refractivity contribution is 7.39. The molecule has 2 N–H and O–H groups in total. The number of likely N-dealkylation sites (tertiary alicyclic amines) is 1. The molecule has 0 aliphatic carbocycles. The first-order valence-corrected chi connectivity index (χ1v) is 15.4. The van der Waals surface area contributed by atoms with Gasteiger partial charge in [0.1, 0.15) is 12.6 Å². The zero-order chi connectivity index (χ0) is 28.6. The first kappa shape index (κ1) is 31.2. The van der Waals surface area contributed by atoms with Gasteiger partial charge in [-0.05, 0) is 73.5 Å². The van der Waals surface area contributed by atoms with Crippen LogP contribution >= 0.6 is 8.03 Å². The predicted octanol–water partition coefficient (Wildman–Crippen LogP) is 5.70. The molecule has 0 radical (unpaired) electrons. The van der Waals surface area contributed by atoms with Gasteiger partial charge in [-0.25, -0.2) is 9.59 Å². The number of carboxylic acid groups (broad SMARTS) is 1. The average Bonchev–Trinajstić information content (AvgIpc) is 3.46. The summed E-state index contributed by atoms with van der Waals surface area (Å²) >= 11 is 0. The Morgan fingerprint density at radius 3 is 2.35 bits per heavy atom. The van der Waals surface area contributed by atoms with Crippen LogP contribution in [0, 0.1) is 0 Å². The number of amides is 2. The second-order valence-electron chi connectivity index (χ2n) is 9.96. The van der Waals surface area contributed by atoms with Crippen LogP contribution in [0.25, 0.3) is 0 Å². The van der Waals surface area contributed by atoms with Gasteiger partial charge in [0.15, 0.2) is 12.3 Å². The predicted molar refractivity (Wildman–Crippen MR) is 152 cm³/mol. The van der Waals surface area contributed by atoms with Crippen LogP contribution in [0.2, 0.25) is 0 Å². The zero-order valence-corrected chi connectivity index (χ0v) is 23.8. The summed E-state index contributed by atoms with van der Waals surface area (Å²) in [6, 6.07) is 18.7. The summed E-state index contributed by atoms with van der Waals surface area (Å²) < 4.78 is 23.7. The maximum absolute atomic E-state index is 13.2. The summed E-state index contributed by atoms with van der Waals surface area (Å²) in [5, 5.41) is 12.2.